The quantitative estimate of drug-likeness (QED) is 0.712. The minimum atomic E-state index is -0.407. The average Bonchev–Trinajstić information content (AvgIpc) is 3.20. The SMILES string of the molecule is COc1ccc(NC(=O)c2cc(C(=O)NCc3ccco3)ccn2)cc1. The van der Waals surface area contributed by atoms with Gasteiger partial charge in [-0.15, -0.1) is 0 Å². The van der Waals surface area contributed by atoms with Gasteiger partial charge >= 0.3 is 0 Å². The van der Waals surface area contributed by atoms with Gasteiger partial charge in [0.15, 0.2) is 0 Å². The number of nitrogens with zero attached hydrogens (tertiary/aromatic N) is 1. The van der Waals surface area contributed by atoms with Crippen LogP contribution in [0.3, 0.4) is 0 Å². The van der Waals surface area contributed by atoms with Gasteiger partial charge in [0.1, 0.15) is 17.2 Å². The van der Waals surface area contributed by atoms with Gasteiger partial charge in [-0.1, -0.05) is 0 Å². The Labute approximate surface area is 150 Å². The van der Waals surface area contributed by atoms with Crippen molar-refractivity contribution in [3.63, 3.8) is 0 Å². The van der Waals surface area contributed by atoms with E-state index in [1.807, 2.05) is 0 Å². The Morgan fingerprint density at radius 1 is 1.12 bits per heavy atom. The van der Waals surface area contributed by atoms with Crippen molar-refractivity contribution in [1.29, 1.82) is 0 Å². The summed E-state index contributed by atoms with van der Waals surface area (Å²) in [6.45, 7) is 0.265. The molecule has 0 atom stereocenters. The summed E-state index contributed by atoms with van der Waals surface area (Å²) in [5.74, 6) is 0.611. The third-order valence-corrected chi connectivity index (χ3v) is 3.61. The van der Waals surface area contributed by atoms with Crippen LogP contribution in [-0.2, 0) is 6.54 Å². The molecule has 0 spiro atoms. The second-order valence-electron chi connectivity index (χ2n) is 5.37. The number of amides is 2. The molecule has 2 amide bonds. The van der Waals surface area contributed by atoms with E-state index in [4.69, 9.17) is 9.15 Å². The summed E-state index contributed by atoms with van der Waals surface area (Å²) < 4.78 is 10.2. The van der Waals surface area contributed by atoms with E-state index in [-0.39, 0.29) is 18.1 Å². The predicted octanol–water partition coefficient (Wildman–Crippen LogP) is 2.87. The number of benzene rings is 1. The molecule has 3 rings (SSSR count). The van der Waals surface area contributed by atoms with Crippen molar-refractivity contribution in [3.05, 3.63) is 78.0 Å². The van der Waals surface area contributed by atoms with Crippen LogP contribution in [0.25, 0.3) is 0 Å². The van der Waals surface area contributed by atoms with Crippen molar-refractivity contribution in [2.75, 3.05) is 12.4 Å². The highest BCUT2D eigenvalue weighted by Gasteiger charge is 2.12. The highest BCUT2D eigenvalue weighted by molar-refractivity contribution is 6.04. The Bertz CT molecular complexity index is 889. The molecule has 0 bridgehead atoms. The Kier molecular flexibility index (Phi) is 5.28. The maximum Gasteiger partial charge on any atom is 0.274 e. The molecule has 7 nitrogen and oxygen atoms in total. The molecular formula is C19H17N3O4. The van der Waals surface area contributed by atoms with Crippen molar-refractivity contribution >= 4 is 17.5 Å². The monoisotopic (exact) mass is 351 g/mol. The summed E-state index contributed by atoms with van der Waals surface area (Å²) in [7, 11) is 1.57. The Morgan fingerprint density at radius 2 is 1.92 bits per heavy atom. The zero-order chi connectivity index (χ0) is 18.4. The van der Waals surface area contributed by atoms with E-state index in [1.54, 1.807) is 49.6 Å². The highest BCUT2D eigenvalue weighted by Crippen LogP contribution is 2.16. The molecule has 0 radical (unpaired) electrons. The fraction of sp³-hybridized carbons (Fsp3) is 0.105. The molecule has 132 valence electrons. The summed E-state index contributed by atoms with van der Waals surface area (Å²) in [6.07, 6.45) is 2.96. The third-order valence-electron chi connectivity index (χ3n) is 3.61. The fourth-order valence-corrected chi connectivity index (χ4v) is 2.25. The molecule has 2 N–H and O–H groups in total. The lowest BCUT2D eigenvalue weighted by Gasteiger charge is -2.07. The van der Waals surface area contributed by atoms with Crippen LogP contribution in [0, 0.1) is 0 Å². The van der Waals surface area contributed by atoms with Crippen LogP contribution in [0.2, 0.25) is 0 Å². The van der Waals surface area contributed by atoms with Gasteiger partial charge in [-0.25, -0.2) is 0 Å². The molecule has 0 aliphatic carbocycles. The maximum absolute atomic E-state index is 12.3. The first-order valence-corrected chi connectivity index (χ1v) is 7.88. The molecule has 0 fully saturated rings. The Hall–Kier alpha value is -3.61. The van der Waals surface area contributed by atoms with Crippen LogP contribution in [0.15, 0.2) is 65.4 Å². The van der Waals surface area contributed by atoms with Crippen molar-refractivity contribution < 1.29 is 18.7 Å². The maximum atomic E-state index is 12.3. The number of aromatic nitrogens is 1. The lowest BCUT2D eigenvalue weighted by atomic mass is 10.2. The van der Waals surface area contributed by atoms with Crippen LogP contribution in [0.4, 0.5) is 5.69 Å². The van der Waals surface area contributed by atoms with Crippen LogP contribution in [0.5, 0.6) is 5.75 Å². The summed E-state index contributed by atoms with van der Waals surface area (Å²) in [6, 6.07) is 13.4. The fourth-order valence-electron chi connectivity index (χ4n) is 2.25. The number of ether oxygens (including phenoxy) is 1. The predicted molar refractivity (Wildman–Crippen MR) is 95.1 cm³/mol. The van der Waals surface area contributed by atoms with E-state index in [9.17, 15) is 9.59 Å². The highest BCUT2D eigenvalue weighted by atomic mass is 16.5. The molecule has 0 aliphatic heterocycles. The Balaban J connectivity index is 1.65. The number of pyridine rings is 1. The van der Waals surface area contributed by atoms with E-state index in [2.05, 4.69) is 15.6 Å². The van der Waals surface area contributed by atoms with Gasteiger partial charge in [0, 0.05) is 17.4 Å². The molecule has 0 unspecified atom stereocenters. The van der Waals surface area contributed by atoms with Gasteiger partial charge in [-0.2, -0.15) is 0 Å². The zero-order valence-corrected chi connectivity index (χ0v) is 14.1. The number of carbonyl (C=O) groups is 2. The van der Waals surface area contributed by atoms with Gasteiger partial charge in [0.2, 0.25) is 0 Å². The van der Waals surface area contributed by atoms with Crippen molar-refractivity contribution in [2.24, 2.45) is 0 Å². The molecule has 0 saturated heterocycles. The number of hydrogen-bond acceptors (Lipinski definition) is 5. The number of anilines is 1. The number of nitrogens with one attached hydrogen (secondary N) is 2. The summed E-state index contributed by atoms with van der Waals surface area (Å²) in [5.41, 5.74) is 1.09. The lowest BCUT2D eigenvalue weighted by Crippen LogP contribution is -2.23. The normalized spacial score (nSPS) is 10.2. The van der Waals surface area contributed by atoms with E-state index in [0.717, 1.165) is 0 Å². The number of hydrogen-bond donors (Lipinski definition) is 2. The van der Waals surface area contributed by atoms with Crippen LogP contribution >= 0.6 is 0 Å². The summed E-state index contributed by atoms with van der Waals surface area (Å²) in [5, 5.41) is 5.45. The van der Waals surface area contributed by atoms with Crippen molar-refractivity contribution in [3.8, 4) is 5.75 Å². The molecule has 2 heterocycles. The summed E-state index contributed by atoms with van der Waals surface area (Å²) in [4.78, 5) is 28.6. The first-order valence-electron chi connectivity index (χ1n) is 7.88. The van der Waals surface area contributed by atoms with E-state index in [1.165, 1.54) is 18.5 Å². The second kappa shape index (κ2) is 7.98. The van der Waals surface area contributed by atoms with Crippen LogP contribution in [-0.4, -0.2) is 23.9 Å². The van der Waals surface area contributed by atoms with E-state index < -0.39 is 5.91 Å². The minimum absolute atomic E-state index is 0.145. The number of rotatable bonds is 6. The van der Waals surface area contributed by atoms with Crippen molar-refractivity contribution in [2.45, 2.75) is 6.54 Å². The largest absolute Gasteiger partial charge is 0.497 e. The van der Waals surface area contributed by atoms with E-state index >= 15 is 0 Å². The number of methoxy groups -OCH3 is 1. The molecule has 3 aromatic rings. The van der Waals surface area contributed by atoms with Gasteiger partial charge in [0.25, 0.3) is 11.8 Å². The topological polar surface area (TPSA) is 93.5 Å². The van der Waals surface area contributed by atoms with Gasteiger partial charge in [-0.3, -0.25) is 14.6 Å². The Morgan fingerprint density at radius 3 is 2.62 bits per heavy atom. The molecule has 26 heavy (non-hydrogen) atoms. The van der Waals surface area contributed by atoms with Gasteiger partial charge < -0.3 is 19.8 Å². The standard InChI is InChI=1S/C19H17N3O4/c1-25-15-6-4-14(5-7-15)22-19(24)17-11-13(8-9-20-17)18(23)21-12-16-3-2-10-26-16/h2-11H,12H2,1H3,(H,21,23)(H,22,24). The summed E-state index contributed by atoms with van der Waals surface area (Å²) >= 11 is 0. The zero-order valence-electron chi connectivity index (χ0n) is 14.1. The third kappa shape index (κ3) is 4.27. The smallest absolute Gasteiger partial charge is 0.274 e. The molecule has 2 aromatic heterocycles. The van der Waals surface area contributed by atoms with Crippen molar-refractivity contribution in [1.82, 2.24) is 10.3 Å². The van der Waals surface area contributed by atoms with E-state index in [0.29, 0.717) is 22.8 Å². The molecule has 1 aromatic carbocycles. The van der Waals surface area contributed by atoms with Crippen LogP contribution in [0.1, 0.15) is 26.6 Å². The molecule has 0 aliphatic rings. The second-order valence-corrected chi connectivity index (χ2v) is 5.37. The number of carbonyl (C=O) groups excluding carboxylic acids is 2. The molecule has 7 heteroatoms. The average molecular weight is 351 g/mol. The minimum Gasteiger partial charge on any atom is -0.497 e. The first kappa shape index (κ1) is 17.2. The van der Waals surface area contributed by atoms with Gasteiger partial charge in [-0.05, 0) is 48.5 Å². The lowest BCUT2D eigenvalue weighted by molar-refractivity contribution is 0.0948. The van der Waals surface area contributed by atoms with Gasteiger partial charge in [0.05, 0.1) is 19.9 Å². The van der Waals surface area contributed by atoms with Crippen LogP contribution < -0.4 is 15.4 Å². The number of furan rings is 1. The molecule has 0 saturated carbocycles. The molecular weight excluding hydrogens is 334 g/mol. The first-order chi connectivity index (χ1) is 12.7.